The van der Waals surface area contributed by atoms with Gasteiger partial charge in [0.05, 0.1) is 6.61 Å². The van der Waals surface area contributed by atoms with Gasteiger partial charge in [-0.3, -0.25) is 0 Å². The Morgan fingerprint density at radius 3 is 3.21 bits per heavy atom. The van der Waals surface area contributed by atoms with Crippen LogP contribution in [0.25, 0.3) is 11.0 Å². The third-order valence-electron chi connectivity index (χ3n) is 1.92. The molecular weight excluding hydrogens is 176 g/mol. The number of rotatable bonds is 1. The molecule has 0 spiro atoms. The molecule has 0 atom stereocenters. The standard InChI is InChI=1S/C11H10N2O/c14-8-2-1-3-9-4-6-12-11-10(9)5-7-13-11/h4-7,14H,2,8H2,(H,12,13). The lowest BCUT2D eigenvalue weighted by molar-refractivity contribution is 0.305. The van der Waals surface area contributed by atoms with Crippen molar-refractivity contribution in [2.45, 2.75) is 6.42 Å². The van der Waals surface area contributed by atoms with E-state index < -0.39 is 0 Å². The Morgan fingerprint density at radius 1 is 1.43 bits per heavy atom. The van der Waals surface area contributed by atoms with Crippen LogP contribution in [0.5, 0.6) is 0 Å². The van der Waals surface area contributed by atoms with Gasteiger partial charge in [0.15, 0.2) is 0 Å². The van der Waals surface area contributed by atoms with E-state index in [9.17, 15) is 0 Å². The van der Waals surface area contributed by atoms with E-state index in [-0.39, 0.29) is 6.61 Å². The molecule has 3 nitrogen and oxygen atoms in total. The largest absolute Gasteiger partial charge is 0.395 e. The zero-order valence-electron chi connectivity index (χ0n) is 7.62. The van der Waals surface area contributed by atoms with Crippen LogP contribution in [0.3, 0.4) is 0 Å². The topological polar surface area (TPSA) is 48.9 Å². The van der Waals surface area contributed by atoms with Gasteiger partial charge in [-0.1, -0.05) is 11.8 Å². The van der Waals surface area contributed by atoms with E-state index in [1.807, 2.05) is 18.3 Å². The van der Waals surface area contributed by atoms with Crippen molar-refractivity contribution in [3.63, 3.8) is 0 Å². The van der Waals surface area contributed by atoms with E-state index in [0.29, 0.717) is 6.42 Å². The van der Waals surface area contributed by atoms with Gasteiger partial charge in [-0.25, -0.2) is 4.98 Å². The van der Waals surface area contributed by atoms with Crippen molar-refractivity contribution in [3.8, 4) is 11.8 Å². The Labute approximate surface area is 81.8 Å². The highest BCUT2D eigenvalue weighted by molar-refractivity contribution is 5.82. The minimum Gasteiger partial charge on any atom is -0.395 e. The van der Waals surface area contributed by atoms with Crippen LogP contribution in [-0.4, -0.2) is 21.7 Å². The van der Waals surface area contributed by atoms with Crippen molar-refractivity contribution in [1.82, 2.24) is 9.97 Å². The van der Waals surface area contributed by atoms with Gasteiger partial charge in [0.25, 0.3) is 0 Å². The summed E-state index contributed by atoms with van der Waals surface area (Å²) in [6.07, 6.45) is 4.07. The number of nitrogens with zero attached hydrogens (tertiary/aromatic N) is 1. The second kappa shape index (κ2) is 3.95. The van der Waals surface area contributed by atoms with Crippen LogP contribution < -0.4 is 0 Å². The first-order valence-corrected chi connectivity index (χ1v) is 4.43. The number of aliphatic hydroxyl groups is 1. The summed E-state index contributed by atoms with van der Waals surface area (Å²) in [7, 11) is 0. The molecule has 70 valence electrons. The van der Waals surface area contributed by atoms with Gasteiger partial charge in [0.2, 0.25) is 0 Å². The molecule has 0 saturated heterocycles. The third kappa shape index (κ3) is 1.61. The van der Waals surface area contributed by atoms with Crippen LogP contribution in [0.4, 0.5) is 0 Å². The van der Waals surface area contributed by atoms with Crippen molar-refractivity contribution in [2.24, 2.45) is 0 Å². The van der Waals surface area contributed by atoms with Crippen LogP contribution in [0.1, 0.15) is 12.0 Å². The van der Waals surface area contributed by atoms with Crippen molar-refractivity contribution >= 4 is 11.0 Å². The lowest BCUT2D eigenvalue weighted by atomic mass is 10.2. The molecule has 0 aliphatic heterocycles. The summed E-state index contributed by atoms with van der Waals surface area (Å²) in [6.45, 7) is 0.106. The van der Waals surface area contributed by atoms with Crippen LogP contribution in [0.2, 0.25) is 0 Å². The van der Waals surface area contributed by atoms with Gasteiger partial charge < -0.3 is 10.1 Å². The fourth-order valence-corrected chi connectivity index (χ4v) is 1.28. The molecular formula is C11H10N2O. The second-order valence-electron chi connectivity index (χ2n) is 2.87. The van der Waals surface area contributed by atoms with Gasteiger partial charge in [0, 0.05) is 29.8 Å². The summed E-state index contributed by atoms with van der Waals surface area (Å²) in [5.41, 5.74) is 1.80. The highest BCUT2D eigenvalue weighted by atomic mass is 16.2. The highest BCUT2D eigenvalue weighted by Crippen LogP contribution is 2.13. The summed E-state index contributed by atoms with van der Waals surface area (Å²) < 4.78 is 0. The van der Waals surface area contributed by atoms with E-state index in [2.05, 4.69) is 21.8 Å². The van der Waals surface area contributed by atoms with Gasteiger partial charge in [-0.05, 0) is 12.1 Å². The summed E-state index contributed by atoms with van der Waals surface area (Å²) >= 11 is 0. The Hall–Kier alpha value is -1.79. The SMILES string of the molecule is OCCC#Cc1ccnc2[nH]ccc12. The molecule has 0 aliphatic rings. The molecule has 0 aliphatic carbocycles. The van der Waals surface area contributed by atoms with Gasteiger partial charge in [-0.2, -0.15) is 0 Å². The average Bonchev–Trinajstić information content (AvgIpc) is 2.67. The number of aromatic amines is 1. The summed E-state index contributed by atoms with van der Waals surface area (Å²) in [6, 6.07) is 3.83. The monoisotopic (exact) mass is 186 g/mol. The van der Waals surface area contributed by atoms with E-state index in [1.165, 1.54) is 0 Å². The second-order valence-corrected chi connectivity index (χ2v) is 2.87. The Morgan fingerprint density at radius 2 is 2.36 bits per heavy atom. The molecule has 0 saturated carbocycles. The van der Waals surface area contributed by atoms with Crippen LogP contribution in [0.15, 0.2) is 24.5 Å². The third-order valence-corrected chi connectivity index (χ3v) is 1.92. The van der Waals surface area contributed by atoms with Crippen molar-refractivity contribution in [2.75, 3.05) is 6.61 Å². The maximum absolute atomic E-state index is 8.60. The fourth-order valence-electron chi connectivity index (χ4n) is 1.28. The van der Waals surface area contributed by atoms with E-state index in [4.69, 9.17) is 5.11 Å². The number of pyridine rings is 1. The maximum Gasteiger partial charge on any atom is 0.138 e. The Balaban J connectivity index is 2.43. The van der Waals surface area contributed by atoms with Crippen LogP contribution in [-0.2, 0) is 0 Å². The van der Waals surface area contributed by atoms with Crippen LogP contribution in [0, 0.1) is 11.8 Å². The Bertz CT molecular complexity index is 490. The number of aromatic nitrogens is 2. The summed E-state index contributed by atoms with van der Waals surface area (Å²) in [5, 5.41) is 9.62. The molecule has 0 bridgehead atoms. The number of H-pyrrole nitrogens is 1. The lowest BCUT2D eigenvalue weighted by Crippen LogP contribution is -1.81. The lowest BCUT2D eigenvalue weighted by Gasteiger charge is -1.92. The zero-order valence-corrected chi connectivity index (χ0v) is 7.62. The first-order chi connectivity index (χ1) is 6.92. The molecule has 2 N–H and O–H groups in total. The molecule has 0 radical (unpaired) electrons. The molecule has 0 aromatic carbocycles. The average molecular weight is 186 g/mol. The highest BCUT2D eigenvalue weighted by Gasteiger charge is 1.98. The Kier molecular flexibility index (Phi) is 2.48. The van der Waals surface area contributed by atoms with Crippen molar-refractivity contribution in [3.05, 3.63) is 30.1 Å². The van der Waals surface area contributed by atoms with E-state index in [0.717, 1.165) is 16.6 Å². The summed E-state index contributed by atoms with van der Waals surface area (Å²) in [4.78, 5) is 7.18. The first-order valence-electron chi connectivity index (χ1n) is 4.43. The fraction of sp³-hybridized carbons (Fsp3) is 0.182. The van der Waals surface area contributed by atoms with E-state index >= 15 is 0 Å². The minimum atomic E-state index is 0.106. The van der Waals surface area contributed by atoms with Gasteiger partial charge in [-0.15, -0.1) is 0 Å². The molecule has 14 heavy (non-hydrogen) atoms. The number of nitrogens with one attached hydrogen (secondary N) is 1. The normalized spacial score (nSPS) is 9.79. The maximum atomic E-state index is 8.60. The molecule has 2 rings (SSSR count). The molecule has 2 aromatic heterocycles. The molecule has 0 amide bonds. The zero-order chi connectivity index (χ0) is 9.80. The number of fused-ring (bicyclic) bond motifs is 1. The predicted octanol–water partition coefficient (Wildman–Crippen LogP) is 1.30. The molecule has 2 heterocycles. The number of hydrogen-bond donors (Lipinski definition) is 2. The van der Waals surface area contributed by atoms with Gasteiger partial charge >= 0.3 is 0 Å². The molecule has 0 fully saturated rings. The van der Waals surface area contributed by atoms with Crippen molar-refractivity contribution in [1.29, 1.82) is 0 Å². The first kappa shape index (κ1) is 8.79. The van der Waals surface area contributed by atoms with Crippen molar-refractivity contribution < 1.29 is 5.11 Å². The number of hydrogen-bond acceptors (Lipinski definition) is 2. The quantitative estimate of drug-likeness (QED) is 0.659. The van der Waals surface area contributed by atoms with Gasteiger partial charge in [0.1, 0.15) is 5.65 Å². The minimum absolute atomic E-state index is 0.106. The molecule has 0 unspecified atom stereocenters. The van der Waals surface area contributed by atoms with Crippen LogP contribution >= 0.6 is 0 Å². The van der Waals surface area contributed by atoms with E-state index in [1.54, 1.807) is 6.20 Å². The predicted molar refractivity (Wildman–Crippen MR) is 54.7 cm³/mol. The smallest absolute Gasteiger partial charge is 0.138 e. The number of aliphatic hydroxyl groups excluding tert-OH is 1. The molecule has 2 aromatic rings. The summed E-state index contributed by atoms with van der Waals surface area (Å²) in [5.74, 6) is 5.90. The molecule has 3 heteroatoms.